The van der Waals surface area contributed by atoms with Crippen LogP contribution in [0.15, 0.2) is 35.6 Å². The number of aromatic nitrogens is 1. The number of pyridine rings is 1. The van der Waals surface area contributed by atoms with Gasteiger partial charge in [-0.05, 0) is 68.6 Å². The summed E-state index contributed by atoms with van der Waals surface area (Å²) < 4.78 is 33.7. The van der Waals surface area contributed by atoms with E-state index in [1.165, 1.54) is 29.7 Å². The molecule has 1 aliphatic heterocycles. The Morgan fingerprint density at radius 3 is 2.65 bits per heavy atom. The minimum Gasteiger partial charge on any atom is -0.494 e. The molecule has 1 fully saturated rings. The van der Waals surface area contributed by atoms with E-state index in [4.69, 9.17) is 22.2 Å². The molecule has 1 saturated heterocycles. The minimum atomic E-state index is -1.20. The number of methoxy groups -OCH3 is 1. The first-order chi connectivity index (χ1) is 16.3. The number of amidine groups is 1. The Bertz CT molecular complexity index is 1220. The number of anilines is 2. The summed E-state index contributed by atoms with van der Waals surface area (Å²) in [6.07, 6.45) is 3.86. The second-order valence-corrected chi connectivity index (χ2v) is 9.30. The summed E-state index contributed by atoms with van der Waals surface area (Å²) in [5.74, 6) is 9.65. The van der Waals surface area contributed by atoms with Crippen LogP contribution in [0.25, 0.3) is 10.4 Å². The van der Waals surface area contributed by atoms with Gasteiger partial charge in [-0.3, -0.25) is 5.01 Å². The van der Waals surface area contributed by atoms with Gasteiger partial charge in [0.2, 0.25) is 5.82 Å². The molecule has 3 heterocycles. The number of nitrogens with two attached hydrogens (primary N) is 3. The van der Waals surface area contributed by atoms with Gasteiger partial charge in [0, 0.05) is 21.5 Å². The van der Waals surface area contributed by atoms with E-state index in [0.29, 0.717) is 11.5 Å². The summed E-state index contributed by atoms with van der Waals surface area (Å²) >= 11 is 1.67. The number of hydrogen-bond donors (Lipinski definition) is 4. The van der Waals surface area contributed by atoms with E-state index in [1.807, 2.05) is 0 Å². The van der Waals surface area contributed by atoms with Crippen molar-refractivity contribution in [3.63, 3.8) is 0 Å². The van der Waals surface area contributed by atoms with E-state index >= 15 is 0 Å². The van der Waals surface area contributed by atoms with Crippen LogP contribution in [0.4, 0.5) is 20.3 Å². The van der Waals surface area contributed by atoms with Crippen LogP contribution in [0.5, 0.6) is 5.75 Å². The van der Waals surface area contributed by atoms with Gasteiger partial charge in [0.15, 0.2) is 17.4 Å². The predicted octanol–water partition coefficient (Wildman–Crippen LogP) is 3.46. The molecule has 0 aliphatic carbocycles. The number of piperidine rings is 1. The van der Waals surface area contributed by atoms with Crippen LogP contribution >= 0.6 is 11.3 Å². The second-order valence-electron chi connectivity index (χ2n) is 8.04. The first-order valence-electron chi connectivity index (χ1n) is 10.8. The molecular formula is C23H27F2N7OS. The third-order valence-electron chi connectivity index (χ3n) is 6.04. The number of nitrogen functional groups attached to an aromatic ring is 1. The fourth-order valence-corrected chi connectivity index (χ4v) is 5.30. The largest absolute Gasteiger partial charge is 0.494 e. The molecule has 34 heavy (non-hydrogen) atoms. The number of hydrogen-bond acceptors (Lipinski definition) is 8. The van der Waals surface area contributed by atoms with E-state index < -0.39 is 11.6 Å². The Labute approximate surface area is 200 Å². The van der Waals surface area contributed by atoms with Crippen LogP contribution < -0.4 is 32.5 Å². The van der Waals surface area contributed by atoms with Crippen molar-refractivity contribution in [2.75, 3.05) is 30.9 Å². The van der Waals surface area contributed by atoms with E-state index in [-0.39, 0.29) is 23.1 Å². The molecule has 0 amide bonds. The lowest BCUT2D eigenvalue weighted by Crippen LogP contribution is -2.40. The monoisotopic (exact) mass is 487 g/mol. The maximum Gasteiger partial charge on any atom is 0.202 e. The van der Waals surface area contributed by atoms with Crippen LogP contribution in [0, 0.1) is 18.6 Å². The van der Waals surface area contributed by atoms with E-state index in [9.17, 15) is 8.78 Å². The molecule has 0 spiro atoms. The molecule has 0 radical (unpaired) electrons. The number of benzene rings is 1. The van der Waals surface area contributed by atoms with Crippen LogP contribution in [-0.4, -0.2) is 31.0 Å². The number of hydrazone groups is 1. The molecule has 7 N–H and O–H groups in total. The Morgan fingerprint density at radius 1 is 1.24 bits per heavy atom. The average Bonchev–Trinajstić information content (AvgIpc) is 3.24. The molecular weight excluding hydrogens is 460 g/mol. The highest BCUT2D eigenvalue weighted by Crippen LogP contribution is 2.38. The van der Waals surface area contributed by atoms with Gasteiger partial charge in [-0.2, -0.15) is 9.49 Å². The summed E-state index contributed by atoms with van der Waals surface area (Å²) in [5.41, 5.74) is 8.25. The summed E-state index contributed by atoms with van der Waals surface area (Å²) in [5, 5.41) is 7.95. The smallest absolute Gasteiger partial charge is 0.202 e. The number of ether oxygens (including phenoxy) is 1. The van der Waals surface area contributed by atoms with Crippen LogP contribution in [0.3, 0.4) is 0 Å². The van der Waals surface area contributed by atoms with Gasteiger partial charge in [0.25, 0.3) is 0 Å². The molecule has 0 atom stereocenters. The molecule has 8 nitrogen and oxygen atoms in total. The number of hydrazine groups is 1. The first kappa shape index (κ1) is 23.9. The summed E-state index contributed by atoms with van der Waals surface area (Å²) in [4.78, 5) is 6.56. The molecule has 0 unspecified atom stereocenters. The Kier molecular flexibility index (Phi) is 6.96. The lowest BCUT2D eigenvalue weighted by atomic mass is 9.90. The molecule has 11 heteroatoms. The normalized spacial score (nSPS) is 14.9. The fourth-order valence-electron chi connectivity index (χ4n) is 4.21. The molecule has 180 valence electrons. The minimum absolute atomic E-state index is 0.0674. The Hall–Kier alpha value is -3.28. The molecule has 2 aromatic heterocycles. The zero-order valence-corrected chi connectivity index (χ0v) is 19.8. The summed E-state index contributed by atoms with van der Waals surface area (Å²) in [6.45, 7) is 4.13. The third-order valence-corrected chi connectivity index (χ3v) is 7.15. The van der Waals surface area contributed by atoms with Crippen molar-refractivity contribution < 1.29 is 13.5 Å². The maximum atomic E-state index is 14.7. The number of thiophene rings is 1. The molecule has 1 aliphatic rings. The highest BCUT2D eigenvalue weighted by molar-refractivity contribution is 7.15. The zero-order chi connectivity index (χ0) is 24.4. The molecule has 3 aromatic rings. The molecule has 0 saturated carbocycles. The van der Waals surface area contributed by atoms with Gasteiger partial charge in [-0.1, -0.05) is 0 Å². The van der Waals surface area contributed by atoms with E-state index in [2.05, 4.69) is 28.4 Å². The Balaban J connectivity index is 1.70. The predicted molar refractivity (Wildman–Crippen MR) is 132 cm³/mol. The van der Waals surface area contributed by atoms with Crippen molar-refractivity contribution in [3.05, 3.63) is 58.1 Å². The highest BCUT2D eigenvalue weighted by Gasteiger charge is 2.24. The first-order valence-corrected chi connectivity index (χ1v) is 11.6. The van der Waals surface area contributed by atoms with Crippen molar-refractivity contribution in [3.8, 4) is 16.2 Å². The zero-order valence-electron chi connectivity index (χ0n) is 18.9. The topological polar surface area (TPSA) is 128 Å². The second kappa shape index (κ2) is 9.92. The van der Waals surface area contributed by atoms with Crippen molar-refractivity contribution in [2.24, 2.45) is 16.8 Å². The molecule has 0 bridgehead atoms. The summed E-state index contributed by atoms with van der Waals surface area (Å²) in [7, 11) is 1.24. The maximum absolute atomic E-state index is 14.7. The van der Waals surface area contributed by atoms with Gasteiger partial charge in [0.1, 0.15) is 5.82 Å². The van der Waals surface area contributed by atoms with Gasteiger partial charge >= 0.3 is 0 Å². The number of nitrogens with one attached hydrogen (secondary N) is 1. The Morgan fingerprint density at radius 2 is 1.97 bits per heavy atom. The number of halogens is 2. The van der Waals surface area contributed by atoms with E-state index in [0.717, 1.165) is 41.4 Å². The SMILES string of the molecule is COc1ccc(N(N)/C(=N\N)c2cc(-c3cc(C4CCNCC4)c(C)s3)cnc2N)c(F)c1F. The van der Waals surface area contributed by atoms with Gasteiger partial charge in [-0.15, -0.1) is 11.3 Å². The van der Waals surface area contributed by atoms with Gasteiger partial charge in [0.05, 0.1) is 18.4 Å². The van der Waals surface area contributed by atoms with Crippen molar-refractivity contribution in [1.29, 1.82) is 0 Å². The molecule has 1 aromatic carbocycles. The van der Waals surface area contributed by atoms with Gasteiger partial charge in [-0.25, -0.2) is 15.2 Å². The summed E-state index contributed by atoms with van der Waals surface area (Å²) in [6, 6.07) is 6.47. The molecule has 4 rings (SSSR count). The lowest BCUT2D eigenvalue weighted by Gasteiger charge is -2.22. The average molecular weight is 488 g/mol. The van der Waals surface area contributed by atoms with E-state index in [1.54, 1.807) is 23.6 Å². The van der Waals surface area contributed by atoms with Crippen LogP contribution in [0.2, 0.25) is 0 Å². The third kappa shape index (κ3) is 4.41. The van der Waals surface area contributed by atoms with Crippen molar-refractivity contribution >= 4 is 28.7 Å². The fraction of sp³-hybridized carbons (Fsp3) is 0.304. The quantitative estimate of drug-likeness (QED) is 0.188. The van der Waals surface area contributed by atoms with Crippen molar-refractivity contribution in [2.45, 2.75) is 25.7 Å². The standard InChI is InChI=1S/C23H27F2N7OS/c1-12-15(13-5-7-29-8-6-13)10-19(34-12)14-9-16(22(26)30-11-14)23(31-27)32(28)17-3-4-18(33-2)21(25)20(17)24/h3-4,9-11,13,29H,5-8,27-28H2,1-2H3,(H2,26,30)/b31-23-. The highest BCUT2D eigenvalue weighted by atomic mass is 32.1. The lowest BCUT2D eigenvalue weighted by molar-refractivity contribution is 0.372. The number of rotatable bonds is 5. The van der Waals surface area contributed by atoms with Gasteiger partial charge < -0.3 is 21.6 Å². The van der Waals surface area contributed by atoms with Crippen LogP contribution in [-0.2, 0) is 0 Å². The number of nitrogens with zero attached hydrogens (tertiary/aromatic N) is 3. The van der Waals surface area contributed by atoms with Crippen LogP contribution in [0.1, 0.15) is 34.8 Å². The van der Waals surface area contributed by atoms with Crippen molar-refractivity contribution in [1.82, 2.24) is 10.3 Å². The number of aryl methyl sites for hydroxylation is 1.